The molecule has 2 heterocycles. The first-order valence-electron chi connectivity index (χ1n) is 8.18. The second kappa shape index (κ2) is 8.49. The number of rotatable bonds is 6. The van der Waals surface area contributed by atoms with Crippen LogP contribution in [0, 0.1) is 0 Å². The highest BCUT2D eigenvalue weighted by Gasteiger charge is 2.27. The minimum absolute atomic E-state index is 0.00655. The van der Waals surface area contributed by atoms with Crippen molar-refractivity contribution < 1.29 is 23.7 Å². The van der Waals surface area contributed by atoms with Gasteiger partial charge < -0.3 is 24.9 Å². The van der Waals surface area contributed by atoms with Gasteiger partial charge in [-0.1, -0.05) is 0 Å². The fraction of sp³-hybridized carbons (Fsp3) is 0.562. The molecule has 0 atom stereocenters. The Bertz CT molecular complexity index is 563. The van der Waals surface area contributed by atoms with Crippen LogP contribution in [0.25, 0.3) is 0 Å². The van der Waals surface area contributed by atoms with Crippen molar-refractivity contribution in [3.8, 4) is 0 Å². The third-order valence-corrected chi connectivity index (χ3v) is 3.80. The van der Waals surface area contributed by atoms with E-state index in [1.807, 2.05) is 13.8 Å². The van der Waals surface area contributed by atoms with Crippen LogP contribution in [-0.4, -0.2) is 67.9 Å². The van der Waals surface area contributed by atoms with Crippen molar-refractivity contribution >= 4 is 17.7 Å². The van der Waals surface area contributed by atoms with Gasteiger partial charge in [0, 0.05) is 6.04 Å². The van der Waals surface area contributed by atoms with Crippen molar-refractivity contribution in [2.75, 3.05) is 39.3 Å². The van der Waals surface area contributed by atoms with Gasteiger partial charge in [0.2, 0.25) is 5.91 Å². The third kappa shape index (κ3) is 5.38. The van der Waals surface area contributed by atoms with Gasteiger partial charge in [-0.05, 0) is 26.0 Å². The summed E-state index contributed by atoms with van der Waals surface area (Å²) in [6, 6.07) is 3.39. The Labute approximate surface area is 141 Å². The molecule has 3 amide bonds. The Morgan fingerprint density at radius 1 is 1.25 bits per heavy atom. The molecule has 1 aromatic rings. The summed E-state index contributed by atoms with van der Waals surface area (Å²) in [7, 11) is 0. The van der Waals surface area contributed by atoms with Crippen molar-refractivity contribution in [2.24, 2.45) is 0 Å². The van der Waals surface area contributed by atoms with E-state index < -0.39 is 0 Å². The minimum Gasteiger partial charge on any atom is -0.459 e. The van der Waals surface area contributed by atoms with E-state index in [1.54, 1.807) is 17.0 Å². The zero-order chi connectivity index (χ0) is 17.5. The van der Waals surface area contributed by atoms with Crippen LogP contribution in [0.3, 0.4) is 0 Å². The maximum Gasteiger partial charge on any atom is 0.289 e. The Morgan fingerprint density at radius 3 is 2.54 bits per heavy atom. The Kier molecular flexibility index (Phi) is 6.36. The van der Waals surface area contributed by atoms with Crippen molar-refractivity contribution in [1.29, 1.82) is 0 Å². The molecule has 24 heavy (non-hydrogen) atoms. The highest BCUT2D eigenvalue weighted by molar-refractivity contribution is 5.91. The zero-order valence-electron chi connectivity index (χ0n) is 14.1. The summed E-state index contributed by atoms with van der Waals surface area (Å²) in [6.07, 6.45) is 1.48. The molecule has 0 saturated carbocycles. The number of nitrogens with zero attached hydrogens (tertiary/aromatic N) is 1. The van der Waals surface area contributed by atoms with E-state index >= 15 is 0 Å². The summed E-state index contributed by atoms with van der Waals surface area (Å²) < 4.78 is 5.12. The molecule has 0 aliphatic carbocycles. The first kappa shape index (κ1) is 18.0. The van der Waals surface area contributed by atoms with Crippen molar-refractivity contribution in [2.45, 2.75) is 19.9 Å². The van der Waals surface area contributed by atoms with Crippen LogP contribution in [0.1, 0.15) is 24.4 Å². The molecule has 1 saturated heterocycles. The molecule has 0 spiro atoms. The Morgan fingerprint density at radius 2 is 1.96 bits per heavy atom. The van der Waals surface area contributed by atoms with Gasteiger partial charge >= 0.3 is 0 Å². The topological polar surface area (TPSA) is 96.1 Å². The van der Waals surface area contributed by atoms with Gasteiger partial charge in [-0.3, -0.25) is 14.4 Å². The largest absolute Gasteiger partial charge is 0.459 e. The molecule has 8 nitrogen and oxygen atoms in total. The first-order chi connectivity index (χ1) is 11.5. The lowest BCUT2D eigenvalue weighted by atomic mass is 10.3. The molecule has 3 N–H and O–H groups in total. The minimum atomic E-state index is -0.192. The van der Waals surface area contributed by atoms with Crippen molar-refractivity contribution in [1.82, 2.24) is 15.5 Å². The summed E-state index contributed by atoms with van der Waals surface area (Å²) in [5.74, 6) is -0.127. The average molecular weight is 337 g/mol. The lowest BCUT2D eigenvalue weighted by molar-refractivity contribution is -0.896. The van der Waals surface area contributed by atoms with Gasteiger partial charge in [0.25, 0.3) is 11.8 Å². The smallest absolute Gasteiger partial charge is 0.289 e. The van der Waals surface area contributed by atoms with Crippen LogP contribution >= 0.6 is 0 Å². The Balaban J connectivity index is 1.68. The Hall–Kier alpha value is -2.35. The van der Waals surface area contributed by atoms with Crippen molar-refractivity contribution in [3.63, 3.8) is 0 Å². The SMILES string of the molecule is CC(C)NC(=O)CNC(=O)C[NH+]1CCN(C(=O)c2ccco2)CC1. The summed E-state index contributed by atoms with van der Waals surface area (Å²) in [5, 5.41) is 5.34. The van der Waals surface area contributed by atoms with Gasteiger partial charge in [0.15, 0.2) is 12.3 Å². The maximum atomic E-state index is 12.2. The van der Waals surface area contributed by atoms with Crippen LogP contribution in [0.4, 0.5) is 0 Å². The highest BCUT2D eigenvalue weighted by atomic mass is 16.3. The van der Waals surface area contributed by atoms with Crippen molar-refractivity contribution in [3.05, 3.63) is 24.2 Å². The van der Waals surface area contributed by atoms with E-state index in [9.17, 15) is 14.4 Å². The number of hydrogen-bond donors (Lipinski definition) is 3. The molecule has 0 radical (unpaired) electrons. The number of carbonyl (C=O) groups is 3. The van der Waals surface area contributed by atoms with Crippen LogP contribution in [0.5, 0.6) is 0 Å². The molecule has 0 aromatic carbocycles. The monoisotopic (exact) mass is 337 g/mol. The molecule has 1 aromatic heterocycles. The van der Waals surface area contributed by atoms with Gasteiger partial charge in [0.1, 0.15) is 0 Å². The lowest BCUT2D eigenvalue weighted by Crippen LogP contribution is -3.15. The molecule has 1 aliphatic heterocycles. The second-order valence-electron chi connectivity index (χ2n) is 6.20. The van der Waals surface area contributed by atoms with E-state index in [1.165, 1.54) is 6.26 Å². The quantitative estimate of drug-likeness (QED) is 0.574. The van der Waals surface area contributed by atoms with E-state index in [0.29, 0.717) is 38.5 Å². The predicted octanol–water partition coefficient (Wildman–Crippen LogP) is -1.74. The van der Waals surface area contributed by atoms with Crippen LogP contribution in [0.15, 0.2) is 22.8 Å². The van der Waals surface area contributed by atoms with Crippen LogP contribution in [0.2, 0.25) is 0 Å². The predicted molar refractivity (Wildman–Crippen MR) is 86.5 cm³/mol. The molecule has 0 unspecified atom stereocenters. The number of amides is 3. The number of hydrogen-bond acceptors (Lipinski definition) is 4. The van der Waals surface area contributed by atoms with E-state index in [2.05, 4.69) is 10.6 Å². The van der Waals surface area contributed by atoms with Gasteiger partial charge in [-0.15, -0.1) is 0 Å². The number of nitrogens with one attached hydrogen (secondary N) is 3. The molecule has 2 rings (SSSR count). The summed E-state index contributed by atoms with van der Waals surface area (Å²) in [5.41, 5.74) is 0. The molecule has 0 bridgehead atoms. The summed E-state index contributed by atoms with van der Waals surface area (Å²) in [4.78, 5) is 38.4. The molecular formula is C16H25N4O4+. The van der Waals surface area contributed by atoms with Crippen LogP contribution in [-0.2, 0) is 9.59 Å². The molecule has 1 fully saturated rings. The molecule has 132 valence electrons. The van der Waals surface area contributed by atoms with E-state index in [0.717, 1.165) is 4.90 Å². The fourth-order valence-corrected chi connectivity index (χ4v) is 2.60. The fourth-order valence-electron chi connectivity index (χ4n) is 2.60. The molecule has 1 aliphatic rings. The lowest BCUT2D eigenvalue weighted by Gasteiger charge is -2.31. The van der Waals surface area contributed by atoms with Gasteiger partial charge in [-0.25, -0.2) is 0 Å². The zero-order valence-corrected chi connectivity index (χ0v) is 14.1. The summed E-state index contributed by atoms with van der Waals surface area (Å²) in [6.45, 7) is 6.58. The summed E-state index contributed by atoms with van der Waals surface area (Å²) >= 11 is 0. The molecule has 8 heteroatoms. The number of furan rings is 1. The second-order valence-corrected chi connectivity index (χ2v) is 6.20. The van der Waals surface area contributed by atoms with Gasteiger partial charge in [-0.2, -0.15) is 0 Å². The first-order valence-corrected chi connectivity index (χ1v) is 8.18. The average Bonchev–Trinajstić information content (AvgIpc) is 3.07. The normalized spacial score (nSPS) is 15.4. The van der Waals surface area contributed by atoms with Crippen LogP contribution < -0.4 is 15.5 Å². The number of carbonyl (C=O) groups excluding carboxylic acids is 3. The number of quaternary nitrogens is 1. The standard InChI is InChI=1S/C16H24N4O4/c1-12(2)18-14(21)10-17-15(22)11-19-5-7-20(8-6-19)16(23)13-4-3-9-24-13/h3-4,9,12H,5-8,10-11H2,1-2H3,(H,17,22)(H,18,21)/p+1. The van der Waals surface area contributed by atoms with E-state index in [4.69, 9.17) is 4.42 Å². The molecular weight excluding hydrogens is 312 g/mol. The van der Waals surface area contributed by atoms with Gasteiger partial charge in [0.05, 0.1) is 39.0 Å². The van der Waals surface area contributed by atoms with E-state index in [-0.39, 0.29) is 30.3 Å². The highest BCUT2D eigenvalue weighted by Crippen LogP contribution is 2.05. The number of piperazine rings is 1. The third-order valence-electron chi connectivity index (χ3n) is 3.80. The maximum absolute atomic E-state index is 12.2.